The van der Waals surface area contributed by atoms with Crippen LogP contribution in [0.5, 0.6) is 0 Å². The van der Waals surface area contributed by atoms with E-state index in [1.54, 1.807) is 23.1 Å². The molecular weight excluding hydrogens is 374 g/mol. The number of carboxylic acid groups (broad SMARTS) is 1. The van der Waals surface area contributed by atoms with Gasteiger partial charge in [-0.25, -0.2) is 13.2 Å². The van der Waals surface area contributed by atoms with Crippen LogP contribution < -0.4 is 0 Å². The quantitative estimate of drug-likeness (QED) is 0.762. The average Bonchev–Trinajstić information content (AvgIpc) is 3.14. The second-order valence-corrected chi connectivity index (χ2v) is 8.13. The maximum Gasteiger partial charge on any atom is 0.335 e. The lowest BCUT2D eigenvalue weighted by Gasteiger charge is -2.34. The van der Waals surface area contributed by atoms with Gasteiger partial charge in [-0.1, -0.05) is 23.4 Å². The molecule has 0 saturated carbocycles. The fraction of sp³-hybridized carbons (Fsp3) is 0.353. The van der Waals surface area contributed by atoms with E-state index in [2.05, 4.69) is 9.68 Å². The minimum absolute atomic E-state index is 0.0336. The zero-order valence-corrected chi connectivity index (χ0v) is 15.3. The Hall–Kier alpha value is -2.72. The largest absolute Gasteiger partial charge is 0.478 e. The van der Waals surface area contributed by atoms with Crippen molar-refractivity contribution < 1.29 is 27.6 Å². The molecule has 144 valence electrons. The van der Waals surface area contributed by atoms with E-state index in [-0.39, 0.29) is 49.8 Å². The van der Waals surface area contributed by atoms with Crippen LogP contribution >= 0.6 is 0 Å². The summed E-state index contributed by atoms with van der Waals surface area (Å²) in [6, 6.07) is 7.86. The van der Waals surface area contributed by atoms with Crippen LogP contribution in [0.2, 0.25) is 0 Å². The summed E-state index contributed by atoms with van der Waals surface area (Å²) in [5, 5.41) is 12.8. The third-order valence-electron chi connectivity index (χ3n) is 4.40. The third kappa shape index (κ3) is 4.52. The number of nitrogens with zero attached hydrogens (tertiary/aromatic N) is 3. The Morgan fingerprint density at radius 3 is 2.44 bits per heavy atom. The van der Waals surface area contributed by atoms with Crippen LogP contribution in [0.4, 0.5) is 0 Å². The predicted molar refractivity (Wildman–Crippen MR) is 94.4 cm³/mol. The van der Waals surface area contributed by atoms with Gasteiger partial charge in [-0.05, 0) is 11.6 Å². The molecule has 1 fully saturated rings. The lowest BCUT2D eigenvalue weighted by atomic mass is 10.0. The molecule has 2 heterocycles. The number of hydrogen-bond acceptors (Lipinski definition) is 6. The van der Waals surface area contributed by atoms with Gasteiger partial charge >= 0.3 is 5.97 Å². The van der Waals surface area contributed by atoms with Crippen LogP contribution in [0.1, 0.15) is 21.6 Å². The molecule has 1 aliphatic rings. The van der Waals surface area contributed by atoms with Crippen LogP contribution in [-0.2, 0) is 27.0 Å². The minimum atomic E-state index is -3.54. The van der Waals surface area contributed by atoms with Crippen molar-refractivity contribution in [1.82, 2.24) is 14.4 Å². The van der Waals surface area contributed by atoms with Gasteiger partial charge in [0.15, 0.2) is 0 Å². The number of carbonyl (C=O) groups is 2. The molecule has 0 unspecified atom stereocenters. The molecule has 0 bridgehead atoms. The molecular formula is C17H19N3O6S. The second kappa shape index (κ2) is 7.89. The van der Waals surface area contributed by atoms with Crippen LogP contribution in [0.25, 0.3) is 0 Å². The Kier molecular flexibility index (Phi) is 5.57. The van der Waals surface area contributed by atoms with Crippen molar-refractivity contribution in [3.05, 3.63) is 53.4 Å². The first-order valence-electron chi connectivity index (χ1n) is 8.33. The second-order valence-electron chi connectivity index (χ2n) is 6.17. The summed E-state index contributed by atoms with van der Waals surface area (Å²) in [5.41, 5.74) is 0.870. The number of amides is 1. The minimum Gasteiger partial charge on any atom is -0.478 e. The van der Waals surface area contributed by atoms with Crippen molar-refractivity contribution in [2.45, 2.75) is 12.2 Å². The molecule has 10 heteroatoms. The summed E-state index contributed by atoms with van der Waals surface area (Å²) >= 11 is 0. The van der Waals surface area contributed by atoms with Crippen molar-refractivity contribution >= 4 is 21.9 Å². The highest BCUT2D eigenvalue weighted by Gasteiger charge is 2.29. The Labute approximate surface area is 156 Å². The number of piperazine rings is 1. The number of aromatic nitrogens is 1. The molecule has 1 saturated heterocycles. The molecule has 1 aromatic carbocycles. The van der Waals surface area contributed by atoms with Crippen LogP contribution in [0.3, 0.4) is 0 Å². The van der Waals surface area contributed by atoms with Gasteiger partial charge in [-0.3, -0.25) is 4.79 Å². The van der Waals surface area contributed by atoms with E-state index in [0.29, 0.717) is 11.3 Å². The molecule has 1 aromatic heterocycles. The number of hydrogen-bond donors (Lipinski definition) is 1. The number of rotatable bonds is 6. The van der Waals surface area contributed by atoms with Gasteiger partial charge in [0.25, 0.3) is 0 Å². The van der Waals surface area contributed by atoms with Gasteiger partial charge in [0.1, 0.15) is 12.0 Å². The maximum absolute atomic E-state index is 12.5. The lowest BCUT2D eigenvalue weighted by Crippen LogP contribution is -2.51. The molecule has 2 aromatic rings. The van der Waals surface area contributed by atoms with Gasteiger partial charge in [0, 0.05) is 32.2 Å². The summed E-state index contributed by atoms with van der Waals surface area (Å²) in [4.78, 5) is 25.3. The summed E-state index contributed by atoms with van der Waals surface area (Å²) in [6.45, 7) is 0.886. The van der Waals surface area contributed by atoms with E-state index < -0.39 is 16.0 Å². The van der Waals surface area contributed by atoms with Crippen molar-refractivity contribution in [3.63, 3.8) is 0 Å². The van der Waals surface area contributed by atoms with Crippen LogP contribution in [0.15, 0.2) is 41.1 Å². The summed E-state index contributed by atoms with van der Waals surface area (Å²) < 4.78 is 30.8. The molecule has 0 aliphatic carbocycles. The smallest absolute Gasteiger partial charge is 0.335 e. The standard InChI is InChI=1S/C17H19N3O6S/c21-16(11-13-3-1-2-4-15(13)17(22)23)19-6-8-20(9-7-19)27(24,25)12-14-5-10-26-18-14/h1-5,10H,6-9,11-12H2,(H,22,23). The molecule has 1 amide bonds. The summed E-state index contributed by atoms with van der Waals surface area (Å²) in [6.07, 6.45) is 1.28. The predicted octanol–water partition coefficient (Wildman–Crippen LogP) is 0.589. The van der Waals surface area contributed by atoms with E-state index in [9.17, 15) is 23.1 Å². The van der Waals surface area contributed by atoms with E-state index in [1.165, 1.54) is 22.7 Å². The zero-order chi connectivity index (χ0) is 19.4. The Bertz CT molecular complexity index is 918. The fourth-order valence-electron chi connectivity index (χ4n) is 2.96. The van der Waals surface area contributed by atoms with Gasteiger partial charge in [-0.15, -0.1) is 0 Å². The van der Waals surface area contributed by atoms with Crippen molar-refractivity contribution in [2.75, 3.05) is 26.2 Å². The molecule has 27 heavy (non-hydrogen) atoms. The lowest BCUT2D eigenvalue weighted by molar-refractivity contribution is -0.131. The highest BCUT2D eigenvalue weighted by atomic mass is 32.2. The SMILES string of the molecule is O=C(O)c1ccccc1CC(=O)N1CCN(S(=O)(=O)Cc2ccon2)CC1. The molecule has 0 radical (unpaired) electrons. The van der Waals surface area contributed by atoms with E-state index in [4.69, 9.17) is 0 Å². The van der Waals surface area contributed by atoms with E-state index >= 15 is 0 Å². The first-order chi connectivity index (χ1) is 12.9. The van der Waals surface area contributed by atoms with Crippen molar-refractivity contribution in [1.29, 1.82) is 0 Å². The molecule has 1 N–H and O–H groups in total. The van der Waals surface area contributed by atoms with Gasteiger partial charge in [-0.2, -0.15) is 4.31 Å². The van der Waals surface area contributed by atoms with Gasteiger partial charge < -0.3 is 14.5 Å². The van der Waals surface area contributed by atoms with E-state index in [1.807, 2.05) is 0 Å². The molecule has 3 rings (SSSR count). The summed E-state index contributed by atoms with van der Waals surface area (Å²) in [7, 11) is -3.54. The Balaban J connectivity index is 1.59. The first kappa shape index (κ1) is 19.1. The Morgan fingerprint density at radius 2 is 1.81 bits per heavy atom. The first-order valence-corrected chi connectivity index (χ1v) is 9.94. The molecule has 1 aliphatic heterocycles. The number of sulfonamides is 1. The highest BCUT2D eigenvalue weighted by molar-refractivity contribution is 7.88. The monoisotopic (exact) mass is 393 g/mol. The molecule has 0 spiro atoms. The average molecular weight is 393 g/mol. The van der Waals surface area contributed by atoms with Crippen LogP contribution in [-0.4, -0.2) is 65.9 Å². The normalized spacial score (nSPS) is 15.6. The topological polar surface area (TPSA) is 121 Å². The molecule has 9 nitrogen and oxygen atoms in total. The number of carboxylic acids is 1. The molecule has 0 atom stereocenters. The number of carbonyl (C=O) groups excluding carboxylic acids is 1. The van der Waals surface area contributed by atoms with Gasteiger partial charge in [0.2, 0.25) is 15.9 Å². The third-order valence-corrected chi connectivity index (χ3v) is 6.21. The number of benzene rings is 1. The van der Waals surface area contributed by atoms with E-state index in [0.717, 1.165) is 0 Å². The highest BCUT2D eigenvalue weighted by Crippen LogP contribution is 2.15. The maximum atomic E-state index is 12.5. The van der Waals surface area contributed by atoms with Crippen molar-refractivity contribution in [2.24, 2.45) is 0 Å². The fourth-order valence-corrected chi connectivity index (χ4v) is 4.39. The van der Waals surface area contributed by atoms with Crippen molar-refractivity contribution in [3.8, 4) is 0 Å². The zero-order valence-electron chi connectivity index (χ0n) is 14.4. The number of aromatic carboxylic acids is 1. The van der Waals surface area contributed by atoms with Gasteiger partial charge in [0.05, 0.1) is 17.7 Å². The Morgan fingerprint density at radius 1 is 1.11 bits per heavy atom. The summed E-state index contributed by atoms with van der Waals surface area (Å²) in [5.74, 6) is -1.55. The van der Waals surface area contributed by atoms with Crippen LogP contribution in [0, 0.1) is 0 Å².